The highest BCUT2D eigenvalue weighted by Gasteiger charge is 2.41. The molecular weight excluding hydrogens is 463 g/mol. The minimum atomic E-state index is -5.00. The fraction of sp³-hybridized carbons (Fsp3) is 0.423. The zero-order chi connectivity index (χ0) is 25.9. The smallest absolute Gasteiger partial charge is 0.453 e. The molecule has 0 aliphatic heterocycles. The lowest BCUT2D eigenvalue weighted by atomic mass is 10.1. The molecule has 3 aromatic rings. The van der Waals surface area contributed by atoms with E-state index >= 15 is 0 Å². The summed E-state index contributed by atoms with van der Waals surface area (Å²) in [5.41, 5.74) is -1.09. The molecule has 0 aliphatic rings. The lowest BCUT2D eigenvalue weighted by Gasteiger charge is -2.24. The Bertz CT molecular complexity index is 1210. The summed E-state index contributed by atoms with van der Waals surface area (Å²) in [5, 5.41) is 10.5. The number of phenolic OH excluding ortho intramolecular Hbond substituents is 1. The molecule has 0 saturated carbocycles. The van der Waals surface area contributed by atoms with Crippen LogP contribution >= 0.6 is 0 Å². The molecule has 0 spiro atoms. The van der Waals surface area contributed by atoms with E-state index < -0.39 is 23.1 Å². The average Bonchev–Trinajstić information content (AvgIpc) is 2.76. The van der Waals surface area contributed by atoms with Crippen LogP contribution in [0.15, 0.2) is 45.6 Å². The summed E-state index contributed by atoms with van der Waals surface area (Å²) in [7, 11) is 1.45. The van der Waals surface area contributed by atoms with E-state index in [2.05, 4.69) is 0 Å². The first-order valence-corrected chi connectivity index (χ1v) is 11.4. The molecule has 35 heavy (non-hydrogen) atoms. The molecule has 2 aromatic carbocycles. The monoisotopic (exact) mass is 494 g/mol. The standard InChI is InChI=1S/C26H30F3NO5/c1-15(2)12-30(13-16(3)4)14-20-21(31)11-10-19-22(32)24(25(26(27,28)29)35-23(19)20)34-18-8-6-17(33-5)7-9-18/h6-11,15-16,31H,12-14H2,1-5H3/p+1. The van der Waals surface area contributed by atoms with E-state index in [0.29, 0.717) is 17.6 Å². The SMILES string of the molecule is COc1ccc(Oc2c(C(F)(F)F)oc3c(C[NH+](CC(C)C)CC(C)C)c(O)ccc3c2=O)cc1. The second-order valence-electron chi connectivity index (χ2n) is 9.43. The van der Waals surface area contributed by atoms with Crippen molar-refractivity contribution in [2.24, 2.45) is 11.8 Å². The number of fused-ring (bicyclic) bond motifs is 1. The highest BCUT2D eigenvalue weighted by molar-refractivity contribution is 5.83. The van der Waals surface area contributed by atoms with Crippen LogP contribution in [0, 0.1) is 11.8 Å². The molecule has 0 fully saturated rings. The van der Waals surface area contributed by atoms with E-state index in [9.17, 15) is 23.1 Å². The molecule has 6 nitrogen and oxygen atoms in total. The molecule has 0 radical (unpaired) electrons. The van der Waals surface area contributed by atoms with Gasteiger partial charge in [-0.1, -0.05) is 27.7 Å². The van der Waals surface area contributed by atoms with E-state index in [4.69, 9.17) is 13.9 Å². The molecule has 9 heteroatoms. The van der Waals surface area contributed by atoms with E-state index in [-0.39, 0.29) is 34.6 Å². The van der Waals surface area contributed by atoms with Crippen LogP contribution in [0.25, 0.3) is 11.0 Å². The van der Waals surface area contributed by atoms with Gasteiger partial charge in [-0.25, -0.2) is 0 Å². The van der Waals surface area contributed by atoms with Crippen LogP contribution in [0.4, 0.5) is 13.2 Å². The molecule has 0 amide bonds. The Morgan fingerprint density at radius 3 is 2.06 bits per heavy atom. The predicted molar refractivity (Wildman–Crippen MR) is 126 cm³/mol. The highest BCUT2D eigenvalue weighted by Crippen LogP contribution is 2.39. The third kappa shape index (κ3) is 6.28. The molecule has 0 saturated heterocycles. The summed E-state index contributed by atoms with van der Waals surface area (Å²) in [6.45, 7) is 9.88. The van der Waals surface area contributed by atoms with Gasteiger partial charge in [0, 0.05) is 11.8 Å². The molecule has 0 bridgehead atoms. The van der Waals surface area contributed by atoms with Crippen molar-refractivity contribution in [2.75, 3.05) is 20.2 Å². The summed E-state index contributed by atoms with van der Waals surface area (Å²) in [6.07, 6.45) is -5.00. The van der Waals surface area contributed by atoms with E-state index in [1.165, 1.54) is 43.5 Å². The van der Waals surface area contributed by atoms with Crippen LogP contribution in [0.5, 0.6) is 23.0 Å². The molecule has 190 valence electrons. The molecule has 0 atom stereocenters. The number of rotatable bonds is 9. The van der Waals surface area contributed by atoms with Crippen molar-refractivity contribution in [3.63, 3.8) is 0 Å². The Morgan fingerprint density at radius 1 is 0.971 bits per heavy atom. The summed E-state index contributed by atoms with van der Waals surface area (Å²) in [4.78, 5) is 14.3. The van der Waals surface area contributed by atoms with Crippen LogP contribution in [0.3, 0.4) is 0 Å². The zero-order valence-corrected chi connectivity index (χ0v) is 20.5. The van der Waals surface area contributed by atoms with E-state index in [1.807, 2.05) is 27.7 Å². The van der Waals surface area contributed by atoms with Gasteiger partial charge in [0.05, 0.1) is 31.1 Å². The number of nitrogens with one attached hydrogen (secondary N) is 1. The van der Waals surface area contributed by atoms with Crippen LogP contribution in [-0.4, -0.2) is 25.3 Å². The Balaban J connectivity index is 2.17. The minimum absolute atomic E-state index is 0.0199. The van der Waals surface area contributed by atoms with Crippen molar-refractivity contribution < 1.29 is 37.1 Å². The number of phenols is 1. The van der Waals surface area contributed by atoms with Gasteiger partial charge < -0.3 is 23.9 Å². The summed E-state index contributed by atoms with van der Waals surface area (Å²) in [6, 6.07) is 8.35. The minimum Gasteiger partial charge on any atom is -0.507 e. The van der Waals surface area contributed by atoms with Gasteiger partial charge in [0.15, 0.2) is 5.58 Å². The molecule has 1 heterocycles. The number of hydrogen-bond donors (Lipinski definition) is 2. The van der Waals surface area contributed by atoms with Crippen LogP contribution < -0.4 is 19.8 Å². The number of alkyl halides is 3. The Hall–Kier alpha value is -3.20. The first-order valence-electron chi connectivity index (χ1n) is 11.4. The number of halogens is 3. The lowest BCUT2D eigenvalue weighted by Crippen LogP contribution is -3.11. The summed E-state index contributed by atoms with van der Waals surface area (Å²) < 4.78 is 57.8. The maximum Gasteiger partial charge on any atom is 0.453 e. The fourth-order valence-electron chi connectivity index (χ4n) is 4.13. The number of ether oxygens (including phenoxy) is 2. The first kappa shape index (κ1) is 26.4. The highest BCUT2D eigenvalue weighted by atomic mass is 19.4. The predicted octanol–water partition coefficient (Wildman–Crippen LogP) is 5.02. The third-order valence-electron chi connectivity index (χ3n) is 5.45. The van der Waals surface area contributed by atoms with Crippen molar-refractivity contribution in [3.8, 4) is 23.0 Å². The van der Waals surface area contributed by atoms with Gasteiger partial charge in [-0.3, -0.25) is 4.79 Å². The third-order valence-corrected chi connectivity index (χ3v) is 5.45. The number of hydrogen-bond acceptors (Lipinski definition) is 5. The average molecular weight is 495 g/mol. The number of benzene rings is 2. The van der Waals surface area contributed by atoms with Crippen molar-refractivity contribution >= 4 is 11.0 Å². The first-order chi connectivity index (χ1) is 16.4. The van der Waals surface area contributed by atoms with E-state index in [1.54, 1.807) is 0 Å². The summed E-state index contributed by atoms with van der Waals surface area (Å²) in [5.74, 6) is -1.58. The number of quaternary nitrogens is 1. The molecule has 3 rings (SSSR count). The van der Waals surface area contributed by atoms with Gasteiger partial charge in [0.1, 0.15) is 23.8 Å². The van der Waals surface area contributed by atoms with Crippen LogP contribution in [-0.2, 0) is 12.7 Å². The topological polar surface area (TPSA) is 73.3 Å². The van der Waals surface area contributed by atoms with Gasteiger partial charge in [0.25, 0.3) is 5.76 Å². The number of aromatic hydroxyl groups is 1. The van der Waals surface area contributed by atoms with Gasteiger partial charge >= 0.3 is 6.18 Å². The Kier molecular flexibility index (Phi) is 8.00. The van der Waals surface area contributed by atoms with Crippen molar-refractivity contribution in [2.45, 2.75) is 40.4 Å². The zero-order valence-electron chi connectivity index (χ0n) is 20.5. The quantitative estimate of drug-likeness (QED) is 0.437. The van der Waals surface area contributed by atoms with Crippen LogP contribution in [0.1, 0.15) is 39.0 Å². The van der Waals surface area contributed by atoms with Gasteiger partial charge in [-0.05, 0) is 36.4 Å². The Morgan fingerprint density at radius 2 is 1.54 bits per heavy atom. The van der Waals surface area contributed by atoms with Crippen molar-refractivity contribution in [3.05, 3.63) is 57.9 Å². The second kappa shape index (κ2) is 10.6. The normalized spacial score (nSPS) is 12.2. The van der Waals surface area contributed by atoms with E-state index in [0.717, 1.165) is 18.0 Å². The van der Waals surface area contributed by atoms with Gasteiger partial charge in [-0.15, -0.1) is 0 Å². The maximum atomic E-state index is 14.0. The summed E-state index contributed by atoms with van der Waals surface area (Å²) >= 11 is 0. The van der Waals surface area contributed by atoms with Crippen molar-refractivity contribution in [1.82, 2.24) is 0 Å². The van der Waals surface area contributed by atoms with Gasteiger partial charge in [0.2, 0.25) is 11.2 Å². The lowest BCUT2D eigenvalue weighted by molar-refractivity contribution is -0.919. The van der Waals surface area contributed by atoms with Crippen molar-refractivity contribution in [1.29, 1.82) is 0 Å². The molecule has 0 aliphatic carbocycles. The van der Waals surface area contributed by atoms with Crippen LogP contribution in [0.2, 0.25) is 0 Å². The maximum absolute atomic E-state index is 14.0. The second-order valence-corrected chi connectivity index (χ2v) is 9.43. The molecule has 0 unspecified atom stereocenters. The number of methoxy groups -OCH3 is 1. The Labute approximate surface area is 201 Å². The molecular formula is C26H31F3NO5+. The fourth-order valence-corrected chi connectivity index (χ4v) is 4.13. The molecule has 1 aromatic heterocycles. The van der Waals surface area contributed by atoms with Gasteiger partial charge in [-0.2, -0.15) is 13.2 Å². The largest absolute Gasteiger partial charge is 0.507 e. The molecule has 2 N–H and O–H groups in total.